The molecule has 2 heterocycles. The van der Waals surface area contributed by atoms with E-state index in [-0.39, 0.29) is 23.3 Å². The van der Waals surface area contributed by atoms with Crippen LogP contribution in [0.25, 0.3) is 0 Å². The molecule has 0 spiro atoms. The van der Waals surface area contributed by atoms with Crippen LogP contribution in [0.15, 0.2) is 17.3 Å². The van der Waals surface area contributed by atoms with Crippen molar-refractivity contribution >= 4 is 16.0 Å². The number of carbonyl (C=O) groups is 1. The lowest BCUT2D eigenvalue weighted by Crippen LogP contribution is -2.42. The number of aryl methyl sites for hydroxylation is 1. The Morgan fingerprint density at radius 3 is 2.90 bits per heavy atom. The van der Waals surface area contributed by atoms with E-state index in [0.717, 1.165) is 0 Å². The Balaban J connectivity index is 2.14. The van der Waals surface area contributed by atoms with Crippen LogP contribution in [0.5, 0.6) is 0 Å². The molecule has 112 valence electrons. The Bertz CT molecular complexity index is 581. The number of rotatable bonds is 4. The van der Waals surface area contributed by atoms with Gasteiger partial charge < -0.3 is 4.74 Å². The molecule has 1 saturated heterocycles. The topological polar surface area (TPSA) is 81.5 Å². The summed E-state index contributed by atoms with van der Waals surface area (Å²) >= 11 is 0. The highest BCUT2D eigenvalue weighted by atomic mass is 32.2. The molecule has 1 aromatic heterocycles. The van der Waals surface area contributed by atoms with Crippen LogP contribution in [0.4, 0.5) is 0 Å². The summed E-state index contributed by atoms with van der Waals surface area (Å²) in [6, 6.07) is 0. The Morgan fingerprint density at radius 2 is 2.30 bits per heavy atom. The molecule has 0 radical (unpaired) electrons. The van der Waals surface area contributed by atoms with E-state index in [1.807, 2.05) is 0 Å². The molecule has 7 nitrogen and oxygen atoms in total. The van der Waals surface area contributed by atoms with Gasteiger partial charge in [0.15, 0.2) is 0 Å². The zero-order chi connectivity index (χ0) is 14.8. The largest absolute Gasteiger partial charge is 0.466 e. The second kappa shape index (κ2) is 5.92. The Hall–Kier alpha value is -1.41. The molecule has 1 fully saturated rings. The second-order valence-electron chi connectivity index (χ2n) is 4.80. The summed E-state index contributed by atoms with van der Waals surface area (Å²) in [5, 5.41) is 3.88. The molecule has 8 heteroatoms. The average molecular weight is 301 g/mol. The number of piperidine rings is 1. The van der Waals surface area contributed by atoms with E-state index in [9.17, 15) is 13.2 Å². The molecule has 1 aliphatic rings. The lowest BCUT2D eigenvalue weighted by Gasteiger charge is -2.30. The zero-order valence-corrected chi connectivity index (χ0v) is 12.5. The van der Waals surface area contributed by atoms with Crippen molar-refractivity contribution in [3.05, 3.63) is 12.4 Å². The maximum atomic E-state index is 12.4. The van der Waals surface area contributed by atoms with Crippen LogP contribution in [0.1, 0.15) is 19.8 Å². The first-order chi connectivity index (χ1) is 9.45. The smallest absolute Gasteiger partial charge is 0.310 e. The van der Waals surface area contributed by atoms with Crippen molar-refractivity contribution in [2.75, 3.05) is 19.7 Å². The van der Waals surface area contributed by atoms with E-state index in [0.29, 0.717) is 26.0 Å². The minimum atomic E-state index is -3.58. The van der Waals surface area contributed by atoms with Gasteiger partial charge in [0.2, 0.25) is 10.0 Å². The SMILES string of the molecule is CCOC(=O)[C@@H]1CCCN(S(=O)(=O)c2cnn(C)c2)C1. The predicted octanol–water partition coefficient (Wildman–Crippen LogP) is 0.384. The number of esters is 1. The molecule has 0 saturated carbocycles. The van der Waals surface area contributed by atoms with Crippen molar-refractivity contribution < 1.29 is 17.9 Å². The van der Waals surface area contributed by atoms with E-state index in [1.54, 1.807) is 14.0 Å². The van der Waals surface area contributed by atoms with Crippen LogP contribution >= 0.6 is 0 Å². The minimum Gasteiger partial charge on any atom is -0.466 e. The Labute approximate surface area is 118 Å². The summed E-state index contributed by atoms with van der Waals surface area (Å²) in [6.45, 7) is 2.65. The van der Waals surface area contributed by atoms with Crippen LogP contribution in [-0.4, -0.2) is 48.2 Å². The summed E-state index contributed by atoms with van der Waals surface area (Å²) in [5.74, 6) is -0.700. The lowest BCUT2D eigenvalue weighted by atomic mass is 10.0. The highest BCUT2D eigenvalue weighted by molar-refractivity contribution is 7.89. The third kappa shape index (κ3) is 3.01. The molecule has 0 bridgehead atoms. The summed E-state index contributed by atoms with van der Waals surface area (Å²) in [7, 11) is -1.92. The normalized spacial score (nSPS) is 20.8. The predicted molar refractivity (Wildman–Crippen MR) is 71.3 cm³/mol. The standard InChI is InChI=1S/C12H19N3O4S/c1-3-19-12(16)10-5-4-6-15(8-10)20(17,18)11-7-13-14(2)9-11/h7,9-10H,3-6,8H2,1-2H3/t10-/m1/s1. The number of hydrogen-bond acceptors (Lipinski definition) is 5. The highest BCUT2D eigenvalue weighted by Crippen LogP contribution is 2.24. The van der Waals surface area contributed by atoms with Crippen molar-refractivity contribution in [3.8, 4) is 0 Å². The third-order valence-corrected chi connectivity index (χ3v) is 5.14. The van der Waals surface area contributed by atoms with Gasteiger partial charge in [0.05, 0.1) is 18.7 Å². The van der Waals surface area contributed by atoms with E-state index in [1.165, 1.54) is 21.4 Å². The van der Waals surface area contributed by atoms with E-state index in [2.05, 4.69) is 5.10 Å². The maximum Gasteiger partial charge on any atom is 0.310 e. The number of hydrogen-bond donors (Lipinski definition) is 0. The first-order valence-electron chi connectivity index (χ1n) is 6.60. The number of carbonyl (C=O) groups excluding carboxylic acids is 1. The molecule has 1 aliphatic heterocycles. The monoisotopic (exact) mass is 301 g/mol. The zero-order valence-electron chi connectivity index (χ0n) is 11.7. The van der Waals surface area contributed by atoms with Gasteiger partial charge in [-0.05, 0) is 19.8 Å². The molecule has 2 rings (SSSR count). The lowest BCUT2D eigenvalue weighted by molar-refractivity contribution is -0.149. The Morgan fingerprint density at radius 1 is 1.55 bits per heavy atom. The van der Waals surface area contributed by atoms with Gasteiger partial charge in [-0.3, -0.25) is 9.48 Å². The van der Waals surface area contributed by atoms with Crippen LogP contribution in [-0.2, 0) is 26.6 Å². The van der Waals surface area contributed by atoms with Crippen LogP contribution in [0.2, 0.25) is 0 Å². The first kappa shape index (κ1) is 15.0. The molecule has 0 aromatic carbocycles. The summed E-state index contributed by atoms with van der Waals surface area (Å²) in [4.78, 5) is 11.9. The van der Waals surface area contributed by atoms with E-state index >= 15 is 0 Å². The number of ether oxygens (including phenoxy) is 1. The van der Waals surface area contributed by atoms with Gasteiger partial charge in [0.1, 0.15) is 4.90 Å². The summed E-state index contributed by atoms with van der Waals surface area (Å²) < 4.78 is 32.7. The number of sulfonamides is 1. The van der Waals surface area contributed by atoms with E-state index in [4.69, 9.17) is 4.74 Å². The average Bonchev–Trinajstić information content (AvgIpc) is 2.86. The fourth-order valence-electron chi connectivity index (χ4n) is 2.29. The highest BCUT2D eigenvalue weighted by Gasteiger charge is 2.34. The molecular formula is C12H19N3O4S. The van der Waals surface area contributed by atoms with Gasteiger partial charge in [-0.2, -0.15) is 9.40 Å². The first-order valence-corrected chi connectivity index (χ1v) is 8.04. The third-order valence-electron chi connectivity index (χ3n) is 3.32. The van der Waals surface area contributed by atoms with Gasteiger partial charge in [0, 0.05) is 26.3 Å². The number of aromatic nitrogens is 2. The van der Waals surface area contributed by atoms with Crippen molar-refractivity contribution in [1.29, 1.82) is 0 Å². The van der Waals surface area contributed by atoms with Gasteiger partial charge in [-0.15, -0.1) is 0 Å². The number of nitrogens with zero attached hydrogens (tertiary/aromatic N) is 3. The Kier molecular flexibility index (Phi) is 4.44. The molecule has 1 aromatic rings. The summed E-state index contributed by atoms with van der Waals surface area (Å²) in [5.41, 5.74) is 0. The molecule has 1 atom stereocenters. The fourth-order valence-corrected chi connectivity index (χ4v) is 3.80. The van der Waals surface area contributed by atoms with Crippen LogP contribution in [0.3, 0.4) is 0 Å². The van der Waals surface area contributed by atoms with Crippen LogP contribution < -0.4 is 0 Å². The molecular weight excluding hydrogens is 282 g/mol. The fraction of sp³-hybridized carbons (Fsp3) is 0.667. The van der Waals surface area contributed by atoms with Crippen molar-refractivity contribution in [3.63, 3.8) is 0 Å². The van der Waals surface area contributed by atoms with Crippen molar-refractivity contribution in [2.24, 2.45) is 13.0 Å². The van der Waals surface area contributed by atoms with Gasteiger partial charge in [0.25, 0.3) is 0 Å². The van der Waals surface area contributed by atoms with Gasteiger partial charge in [-0.1, -0.05) is 0 Å². The minimum absolute atomic E-state index is 0.157. The van der Waals surface area contributed by atoms with E-state index < -0.39 is 10.0 Å². The van der Waals surface area contributed by atoms with Gasteiger partial charge >= 0.3 is 5.97 Å². The molecule has 0 N–H and O–H groups in total. The van der Waals surface area contributed by atoms with Crippen molar-refractivity contribution in [2.45, 2.75) is 24.7 Å². The molecule has 0 unspecified atom stereocenters. The second-order valence-corrected chi connectivity index (χ2v) is 6.74. The molecule has 0 aliphatic carbocycles. The van der Waals surface area contributed by atoms with Gasteiger partial charge in [-0.25, -0.2) is 8.42 Å². The quantitative estimate of drug-likeness (QED) is 0.751. The van der Waals surface area contributed by atoms with Crippen LogP contribution in [0, 0.1) is 5.92 Å². The molecule has 20 heavy (non-hydrogen) atoms. The summed E-state index contributed by atoms with van der Waals surface area (Å²) in [6.07, 6.45) is 4.10. The maximum absolute atomic E-state index is 12.4. The molecule has 0 amide bonds. The van der Waals surface area contributed by atoms with Crippen molar-refractivity contribution in [1.82, 2.24) is 14.1 Å².